The first-order valence-corrected chi connectivity index (χ1v) is 10.3. The van der Waals surface area contributed by atoms with Gasteiger partial charge in [0.25, 0.3) is 0 Å². The molecule has 0 N–H and O–H groups in total. The van der Waals surface area contributed by atoms with Gasteiger partial charge < -0.3 is 9.64 Å². The van der Waals surface area contributed by atoms with Crippen LogP contribution < -0.4 is 4.74 Å². The van der Waals surface area contributed by atoms with E-state index in [-0.39, 0.29) is 0 Å². The highest BCUT2D eigenvalue weighted by Gasteiger charge is 2.25. The Labute approximate surface area is 176 Å². The molecule has 0 atom stereocenters. The van der Waals surface area contributed by atoms with Gasteiger partial charge in [-0.2, -0.15) is 0 Å². The lowest BCUT2D eigenvalue weighted by Gasteiger charge is -2.37. The number of para-hydroxylation sites is 2. The second-order valence-corrected chi connectivity index (χ2v) is 7.82. The zero-order valence-electron chi connectivity index (χ0n) is 16.1. The van der Waals surface area contributed by atoms with E-state index in [0.717, 1.165) is 55.3 Å². The highest BCUT2D eigenvalue weighted by Crippen LogP contribution is 2.43. The maximum atomic E-state index is 6.51. The smallest absolute Gasteiger partial charge is 0.155 e. The molecule has 0 spiro atoms. The topological polar surface area (TPSA) is 28.6 Å². The van der Waals surface area contributed by atoms with Gasteiger partial charge in [0.15, 0.2) is 5.75 Å². The Kier molecular flexibility index (Phi) is 4.96. The summed E-state index contributed by atoms with van der Waals surface area (Å²) in [5, 5.41) is 0.639. The number of ether oxygens (including phenoxy) is 1. The highest BCUT2D eigenvalue weighted by molar-refractivity contribution is 6.32. The van der Waals surface area contributed by atoms with Crippen LogP contribution in [-0.2, 0) is 6.54 Å². The quantitative estimate of drug-likeness (QED) is 0.604. The SMILES string of the molecule is Clc1cccc2c1Oc1ccccc1C=C2N1CCN(Cc2cccnc2)CC1. The Morgan fingerprint density at radius 1 is 0.931 bits per heavy atom. The van der Waals surface area contributed by atoms with Crippen molar-refractivity contribution >= 4 is 23.4 Å². The second kappa shape index (κ2) is 7.90. The van der Waals surface area contributed by atoms with Gasteiger partial charge in [0.05, 0.1) is 5.02 Å². The Morgan fingerprint density at radius 3 is 2.62 bits per heavy atom. The molecule has 2 aliphatic heterocycles. The molecule has 5 heteroatoms. The van der Waals surface area contributed by atoms with E-state index in [1.165, 1.54) is 11.3 Å². The summed E-state index contributed by atoms with van der Waals surface area (Å²) >= 11 is 6.51. The fourth-order valence-corrected chi connectivity index (χ4v) is 4.21. The summed E-state index contributed by atoms with van der Waals surface area (Å²) in [6.07, 6.45) is 6.00. The van der Waals surface area contributed by atoms with Crippen LogP contribution in [0.1, 0.15) is 16.7 Å². The van der Waals surface area contributed by atoms with Crippen LogP contribution in [0.25, 0.3) is 11.8 Å². The zero-order valence-corrected chi connectivity index (χ0v) is 16.8. The molecule has 2 aromatic carbocycles. The summed E-state index contributed by atoms with van der Waals surface area (Å²) in [4.78, 5) is 9.16. The van der Waals surface area contributed by atoms with Crippen LogP contribution in [0.4, 0.5) is 0 Å². The largest absolute Gasteiger partial charge is 0.454 e. The van der Waals surface area contributed by atoms with Crippen molar-refractivity contribution in [3.8, 4) is 11.5 Å². The number of nitrogens with zero attached hydrogens (tertiary/aromatic N) is 3. The minimum Gasteiger partial charge on any atom is -0.454 e. The normalized spacial score (nSPS) is 16.3. The van der Waals surface area contributed by atoms with Crippen LogP contribution >= 0.6 is 11.6 Å². The molecule has 29 heavy (non-hydrogen) atoms. The lowest BCUT2D eigenvalue weighted by atomic mass is 10.1. The molecular weight excluding hydrogens is 382 g/mol. The molecular formula is C24H22ClN3O. The third kappa shape index (κ3) is 3.74. The van der Waals surface area contributed by atoms with Crippen molar-refractivity contribution in [1.29, 1.82) is 0 Å². The van der Waals surface area contributed by atoms with E-state index < -0.39 is 0 Å². The van der Waals surface area contributed by atoms with E-state index in [0.29, 0.717) is 5.02 Å². The van der Waals surface area contributed by atoms with Crippen LogP contribution in [-0.4, -0.2) is 41.0 Å². The van der Waals surface area contributed by atoms with Crippen molar-refractivity contribution < 1.29 is 4.74 Å². The van der Waals surface area contributed by atoms with Gasteiger partial charge in [0.1, 0.15) is 5.75 Å². The van der Waals surface area contributed by atoms with Crippen LogP contribution in [0.5, 0.6) is 11.5 Å². The summed E-state index contributed by atoms with van der Waals surface area (Å²) in [5.74, 6) is 1.58. The first-order valence-electron chi connectivity index (χ1n) is 9.91. The van der Waals surface area contributed by atoms with Crippen molar-refractivity contribution in [3.63, 3.8) is 0 Å². The first kappa shape index (κ1) is 18.2. The summed E-state index contributed by atoms with van der Waals surface area (Å²) in [5.41, 5.74) is 4.56. The van der Waals surface area contributed by atoms with E-state index >= 15 is 0 Å². The summed E-state index contributed by atoms with van der Waals surface area (Å²) in [6.45, 7) is 4.87. The number of halogens is 1. The Morgan fingerprint density at radius 2 is 1.79 bits per heavy atom. The average molecular weight is 404 g/mol. The highest BCUT2D eigenvalue weighted by atomic mass is 35.5. The van der Waals surface area contributed by atoms with Gasteiger partial charge in [-0.3, -0.25) is 9.88 Å². The van der Waals surface area contributed by atoms with Crippen LogP contribution in [0.15, 0.2) is 67.0 Å². The average Bonchev–Trinajstić information content (AvgIpc) is 2.93. The third-order valence-corrected chi connectivity index (χ3v) is 5.81. The number of piperazine rings is 1. The van der Waals surface area contributed by atoms with Gasteiger partial charge in [-0.25, -0.2) is 0 Å². The lowest BCUT2D eigenvalue weighted by molar-refractivity contribution is 0.169. The van der Waals surface area contributed by atoms with Gasteiger partial charge in [-0.1, -0.05) is 41.9 Å². The fourth-order valence-electron chi connectivity index (χ4n) is 4.00. The summed E-state index contributed by atoms with van der Waals surface area (Å²) in [6, 6.07) is 18.2. The van der Waals surface area contributed by atoms with Crippen molar-refractivity contribution in [2.75, 3.05) is 26.2 Å². The van der Waals surface area contributed by atoms with Crippen LogP contribution in [0.3, 0.4) is 0 Å². The molecule has 1 aromatic heterocycles. The lowest BCUT2D eigenvalue weighted by Crippen LogP contribution is -2.44. The predicted octanol–water partition coefficient (Wildman–Crippen LogP) is 5.16. The number of benzene rings is 2. The van der Waals surface area contributed by atoms with E-state index in [4.69, 9.17) is 16.3 Å². The minimum absolute atomic E-state index is 0.639. The molecule has 1 saturated heterocycles. The molecule has 0 amide bonds. The zero-order chi connectivity index (χ0) is 19.6. The van der Waals surface area contributed by atoms with E-state index in [2.05, 4.69) is 39.1 Å². The number of hydrogen-bond acceptors (Lipinski definition) is 4. The van der Waals surface area contributed by atoms with Crippen molar-refractivity contribution in [3.05, 3.63) is 88.7 Å². The number of rotatable bonds is 3. The van der Waals surface area contributed by atoms with Gasteiger partial charge >= 0.3 is 0 Å². The summed E-state index contributed by atoms with van der Waals surface area (Å²) < 4.78 is 6.23. The first-order chi connectivity index (χ1) is 14.3. The second-order valence-electron chi connectivity index (χ2n) is 7.41. The van der Waals surface area contributed by atoms with Gasteiger partial charge in [0.2, 0.25) is 0 Å². The van der Waals surface area contributed by atoms with E-state index in [1.54, 1.807) is 0 Å². The van der Waals surface area contributed by atoms with E-state index in [1.807, 2.05) is 48.8 Å². The van der Waals surface area contributed by atoms with Crippen molar-refractivity contribution in [1.82, 2.24) is 14.8 Å². The molecule has 3 aromatic rings. The molecule has 5 rings (SSSR count). The summed E-state index contributed by atoms with van der Waals surface area (Å²) in [7, 11) is 0. The molecule has 0 radical (unpaired) electrons. The van der Waals surface area contributed by atoms with Crippen molar-refractivity contribution in [2.24, 2.45) is 0 Å². The molecule has 3 heterocycles. The molecule has 1 fully saturated rings. The Hall–Kier alpha value is -2.82. The monoisotopic (exact) mass is 403 g/mol. The van der Waals surface area contributed by atoms with Crippen molar-refractivity contribution in [2.45, 2.75) is 6.54 Å². The number of hydrogen-bond donors (Lipinski definition) is 0. The standard InChI is InChI=1S/C24H22ClN3O/c25-21-8-3-7-20-22(15-19-6-1-2-9-23(19)29-24(20)21)28-13-11-27(12-14-28)17-18-5-4-10-26-16-18/h1-10,15-16H,11-14,17H2. The number of fused-ring (bicyclic) bond motifs is 2. The third-order valence-electron chi connectivity index (χ3n) is 5.51. The van der Waals surface area contributed by atoms with Gasteiger partial charge in [-0.05, 0) is 35.9 Å². The fraction of sp³-hybridized carbons (Fsp3) is 0.208. The van der Waals surface area contributed by atoms with E-state index in [9.17, 15) is 0 Å². The minimum atomic E-state index is 0.639. The molecule has 0 bridgehead atoms. The van der Waals surface area contributed by atoms with Crippen LogP contribution in [0, 0.1) is 0 Å². The molecule has 0 saturated carbocycles. The maximum absolute atomic E-state index is 6.51. The van der Waals surface area contributed by atoms with Gasteiger partial charge in [0, 0.05) is 61.9 Å². The molecule has 146 valence electrons. The predicted molar refractivity (Wildman–Crippen MR) is 117 cm³/mol. The molecule has 0 unspecified atom stereocenters. The van der Waals surface area contributed by atoms with Gasteiger partial charge in [-0.15, -0.1) is 0 Å². The Bertz CT molecular complexity index is 1040. The number of aromatic nitrogens is 1. The van der Waals surface area contributed by atoms with Crippen LogP contribution in [0.2, 0.25) is 5.02 Å². The molecule has 0 aliphatic carbocycles. The molecule has 4 nitrogen and oxygen atoms in total. The maximum Gasteiger partial charge on any atom is 0.155 e. The molecule has 2 aliphatic rings. The number of pyridine rings is 1. The Balaban J connectivity index is 1.42.